The van der Waals surface area contributed by atoms with Crippen LogP contribution in [0.5, 0.6) is 5.75 Å². The molecule has 1 saturated heterocycles. The Morgan fingerprint density at radius 1 is 1.17 bits per heavy atom. The Balaban J connectivity index is 1.52. The molecule has 1 heterocycles. The number of piperidine rings is 1. The number of ether oxygens (including phenoxy) is 1. The molecule has 1 aliphatic heterocycles. The molecule has 1 aromatic carbocycles. The van der Waals surface area contributed by atoms with E-state index in [1.165, 1.54) is 7.11 Å². The van der Waals surface area contributed by atoms with Gasteiger partial charge in [0.25, 0.3) is 0 Å². The number of rotatable bonds is 7. The van der Waals surface area contributed by atoms with E-state index in [0.29, 0.717) is 30.2 Å². The lowest BCUT2D eigenvalue weighted by molar-refractivity contribution is -0.133. The topological polar surface area (TPSA) is 117 Å². The van der Waals surface area contributed by atoms with Gasteiger partial charge in [-0.2, -0.15) is 0 Å². The Kier molecular flexibility index (Phi) is 6.51. The van der Waals surface area contributed by atoms with Crippen LogP contribution in [0.3, 0.4) is 0 Å². The maximum Gasteiger partial charge on any atom is 0.319 e. The average molecular weight is 425 g/mol. The van der Waals surface area contributed by atoms with E-state index < -0.39 is 10.0 Å². The number of nitrogens with one attached hydrogen (secondary N) is 3. The molecule has 3 N–H and O–H groups in total. The predicted octanol–water partition coefficient (Wildman–Crippen LogP) is 1.98. The summed E-state index contributed by atoms with van der Waals surface area (Å²) in [5.41, 5.74) is 0.799. The third-order valence-corrected chi connectivity index (χ3v) is 6.46. The molecule has 3 rings (SSSR count). The Labute approximate surface area is 171 Å². The van der Waals surface area contributed by atoms with E-state index >= 15 is 0 Å². The van der Waals surface area contributed by atoms with Crippen LogP contribution in [0.15, 0.2) is 18.2 Å². The van der Waals surface area contributed by atoms with Gasteiger partial charge in [0, 0.05) is 36.8 Å². The number of benzene rings is 1. The number of sulfonamides is 1. The zero-order valence-electron chi connectivity index (χ0n) is 16.7. The SMILES string of the molecule is CCS(=O)(=O)Nc1ccc(NC(=O)NC2CCN(C(=O)C3CC3)CC2)cc1OC. The zero-order chi connectivity index (χ0) is 21.0. The summed E-state index contributed by atoms with van der Waals surface area (Å²) >= 11 is 0. The maximum atomic E-state index is 12.3. The third-order valence-electron chi connectivity index (χ3n) is 5.17. The predicted molar refractivity (Wildman–Crippen MR) is 111 cm³/mol. The van der Waals surface area contributed by atoms with Crippen molar-refractivity contribution in [2.24, 2.45) is 5.92 Å². The summed E-state index contributed by atoms with van der Waals surface area (Å²) in [6.45, 7) is 2.88. The van der Waals surface area contributed by atoms with Crippen molar-refractivity contribution in [3.05, 3.63) is 18.2 Å². The smallest absolute Gasteiger partial charge is 0.319 e. The fourth-order valence-electron chi connectivity index (χ4n) is 3.28. The standard InChI is InChI=1S/C19H28N4O5S/c1-3-29(26,27)22-16-7-6-15(12-17(16)28-2)21-19(25)20-14-8-10-23(11-9-14)18(24)13-4-5-13/h6-7,12-14,22H,3-5,8-11H2,1-2H3,(H2,20,21,25). The van der Waals surface area contributed by atoms with Crippen molar-refractivity contribution in [1.29, 1.82) is 0 Å². The quantitative estimate of drug-likeness (QED) is 0.619. The molecule has 0 unspecified atom stereocenters. The molecule has 1 saturated carbocycles. The van der Waals surface area contributed by atoms with Crippen molar-refractivity contribution in [2.45, 2.75) is 38.6 Å². The molecule has 0 bridgehead atoms. The molecule has 0 atom stereocenters. The van der Waals surface area contributed by atoms with Crippen molar-refractivity contribution in [3.63, 3.8) is 0 Å². The summed E-state index contributed by atoms with van der Waals surface area (Å²) < 4.78 is 31.2. The molecule has 29 heavy (non-hydrogen) atoms. The van der Waals surface area contributed by atoms with Crippen molar-refractivity contribution < 1.29 is 22.7 Å². The summed E-state index contributed by atoms with van der Waals surface area (Å²) in [5, 5.41) is 5.67. The van der Waals surface area contributed by atoms with Gasteiger partial charge in [-0.15, -0.1) is 0 Å². The number of carbonyl (C=O) groups excluding carboxylic acids is 2. The number of likely N-dealkylation sites (tertiary alicyclic amines) is 1. The van der Waals surface area contributed by atoms with Crippen LogP contribution in [0.2, 0.25) is 0 Å². The van der Waals surface area contributed by atoms with Crippen molar-refractivity contribution >= 4 is 33.3 Å². The number of hydrogen-bond acceptors (Lipinski definition) is 5. The van der Waals surface area contributed by atoms with Crippen LogP contribution in [0, 0.1) is 5.92 Å². The number of urea groups is 1. The van der Waals surface area contributed by atoms with Crippen molar-refractivity contribution in [1.82, 2.24) is 10.2 Å². The summed E-state index contributed by atoms with van der Waals surface area (Å²) in [6.07, 6.45) is 3.46. The van der Waals surface area contributed by atoms with E-state index in [-0.39, 0.29) is 29.7 Å². The number of nitrogens with zero attached hydrogens (tertiary/aromatic N) is 1. The molecule has 1 aliphatic carbocycles. The van der Waals surface area contributed by atoms with Gasteiger partial charge in [0.15, 0.2) is 0 Å². The lowest BCUT2D eigenvalue weighted by Crippen LogP contribution is -2.47. The van der Waals surface area contributed by atoms with Gasteiger partial charge < -0.3 is 20.3 Å². The van der Waals surface area contributed by atoms with Gasteiger partial charge >= 0.3 is 6.03 Å². The molecule has 0 aromatic heterocycles. The van der Waals surface area contributed by atoms with Crippen molar-refractivity contribution in [2.75, 3.05) is 36.0 Å². The van der Waals surface area contributed by atoms with Crippen molar-refractivity contribution in [3.8, 4) is 5.75 Å². The number of amides is 3. The number of anilines is 2. The Hall–Kier alpha value is -2.49. The van der Waals surface area contributed by atoms with Gasteiger partial charge in [-0.05, 0) is 44.7 Å². The Bertz CT molecular complexity index is 861. The lowest BCUT2D eigenvalue weighted by Gasteiger charge is -2.32. The fraction of sp³-hybridized carbons (Fsp3) is 0.579. The minimum atomic E-state index is -3.43. The van der Waals surface area contributed by atoms with Crippen LogP contribution >= 0.6 is 0 Å². The number of carbonyl (C=O) groups is 2. The summed E-state index contributed by atoms with van der Waals surface area (Å²) in [6, 6.07) is 4.37. The monoisotopic (exact) mass is 424 g/mol. The summed E-state index contributed by atoms with van der Waals surface area (Å²) in [7, 11) is -2.00. The van der Waals surface area contributed by atoms with Crippen LogP contribution in [0.1, 0.15) is 32.6 Å². The second kappa shape index (κ2) is 8.89. The molecule has 1 aromatic rings. The van der Waals surface area contributed by atoms with Gasteiger partial charge in [0.1, 0.15) is 5.75 Å². The first-order chi connectivity index (χ1) is 13.8. The molecule has 160 valence electrons. The first-order valence-corrected chi connectivity index (χ1v) is 11.5. The van der Waals surface area contributed by atoms with Crippen LogP contribution in [0.25, 0.3) is 0 Å². The average Bonchev–Trinajstić information content (AvgIpc) is 3.54. The highest BCUT2D eigenvalue weighted by molar-refractivity contribution is 7.92. The molecule has 3 amide bonds. The molecule has 0 spiro atoms. The molecule has 2 aliphatic rings. The van der Waals surface area contributed by atoms with E-state index in [9.17, 15) is 18.0 Å². The first-order valence-electron chi connectivity index (χ1n) is 9.86. The number of hydrogen-bond donors (Lipinski definition) is 3. The Morgan fingerprint density at radius 2 is 1.86 bits per heavy atom. The molecule has 9 nitrogen and oxygen atoms in total. The van der Waals surface area contributed by atoms with E-state index in [4.69, 9.17) is 4.74 Å². The molecule has 2 fully saturated rings. The summed E-state index contributed by atoms with van der Waals surface area (Å²) in [4.78, 5) is 26.3. The van der Waals surface area contributed by atoms with E-state index in [1.54, 1.807) is 25.1 Å². The second-order valence-corrected chi connectivity index (χ2v) is 9.40. The molecule has 10 heteroatoms. The zero-order valence-corrected chi connectivity index (χ0v) is 17.5. The van der Waals surface area contributed by atoms with Crippen LogP contribution in [-0.2, 0) is 14.8 Å². The molecule has 0 radical (unpaired) electrons. The number of methoxy groups -OCH3 is 1. The van der Waals surface area contributed by atoms with Crippen LogP contribution in [0.4, 0.5) is 16.2 Å². The minimum absolute atomic E-state index is 0.00999. The van der Waals surface area contributed by atoms with E-state index in [1.807, 2.05) is 4.90 Å². The molecular formula is C19H28N4O5S. The van der Waals surface area contributed by atoms with E-state index in [2.05, 4.69) is 15.4 Å². The van der Waals surface area contributed by atoms with Gasteiger partial charge in [-0.25, -0.2) is 13.2 Å². The van der Waals surface area contributed by atoms with Crippen LogP contribution in [-0.4, -0.2) is 57.3 Å². The highest BCUT2D eigenvalue weighted by Gasteiger charge is 2.35. The van der Waals surface area contributed by atoms with Gasteiger partial charge in [-0.3, -0.25) is 9.52 Å². The van der Waals surface area contributed by atoms with E-state index in [0.717, 1.165) is 25.7 Å². The maximum absolute atomic E-state index is 12.3. The third kappa shape index (κ3) is 5.75. The normalized spacial score (nSPS) is 17.5. The second-order valence-electron chi connectivity index (χ2n) is 7.39. The highest BCUT2D eigenvalue weighted by atomic mass is 32.2. The lowest BCUT2D eigenvalue weighted by atomic mass is 10.0. The van der Waals surface area contributed by atoms with Gasteiger partial charge in [-0.1, -0.05) is 0 Å². The largest absolute Gasteiger partial charge is 0.494 e. The Morgan fingerprint density at radius 3 is 2.45 bits per heavy atom. The summed E-state index contributed by atoms with van der Waals surface area (Å²) in [5.74, 6) is 0.733. The van der Waals surface area contributed by atoms with Crippen LogP contribution < -0.4 is 20.1 Å². The van der Waals surface area contributed by atoms with Gasteiger partial charge in [0.2, 0.25) is 15.9 Å². The first kappa shape index (κ1) is 21.2. The highest BCUT2D eigenvalue weighted by Crippen LogP contribution is 2.32. The molecular weight excluding hydrogens is 396 g/mol. The fourth-order valence-corrected chi connectivity index (χ4v) is 3.93. The minimum Gasteiger partial charge on any atom is -0.494 e. The van der Waals surface area contributed by atoms with Gasteiger partial charge in [0.05, 0.1) is 18.6 Å².